The Kier molecular flexibility index (Phi) is 2.03. The number of nitrogens with zero attached hydrogens (tertiary/aromatic N) is 4. The number of tetrazole rings is 1. The number of hydrogen-bond donors (Lipinski definition) is 1. The van der Waals surface area contributed by atoms with Crippen molar-refractivity contribution in [2.24, 2.45) is 0 Å². The van der Waals surface area contributed by atoms with Gasteiger partial charge in [0.2, 0.25) is 0 Å². The third-order valence-electron chi connectivity index (χ3n) is 1.67. The number of H-pyrrole nitrogens is 1. The highest BCUT2D eigenvalue weighted by Gasteiger charge is 2.00. The number of hydrogen-bond acceptors (Lipinski definition) is 4. The molecule has 2 aromatic heterocycles. The van der Waals surface area contributed by atoms with Crippen molar-refractivity contribution in [3.63, 3.8) is 0 Å². The Balaban J connectivity index is 2.19. The summed E-state index contributed by atoms with van der Waals surface area (Å²) in [5.41, 5.74) is 1.96. The lowest BCUT2D eigenvalue weighted by Gasteiger charge is -1.96. The van der Waals surface area contributed by atoms with Gasteiger partial charge in [0.25, 0.3) is 0 Å². The second kappa shape index (κ2) is 3.34. The monoisotopic (exact) mass is 173 g/mol. The summed E-state index contributed by atoms with van der Waals surface area (Å²) in [5, 5.41) is 13.6. The van der Waals surface area contributed by atoms with E-state index < -0.39 is 0 Å². The molecular weight excluding hydrogens is 165 g/mol. The van der Waals surface area contributed by atoms with Gasteiger partial charge in [0, 0.05) is 5.69 Å². The first-order chi connectivity index (χ1) is 6.34. The molecule has 0 saturated heterocycles. The van der Waals surface area contributed by atoms with Crippen molar-refractivity contribution in [3.05, 3.63) is 29.7 Å². The van der Waals surface area contributed by atoms with Crippen molar-refractivity contribution in [1.29, 1.82) is 0 Å². The number of aromatic nitrogens is 5. The van der Waals surface area contributed by atoms with Crippen molar-refractivity contribution in [3.8, 4) is 0 Å². The Morgan fingerprint density at radius 2 is 2.31 bits per heavy atom. The first-order valence-corrected chi connectivity index (χ1v) is 3.99. The summed E-state index contributed by atoms with van der Waals surface area (Å²) in [7, 11) is 1.96. The van der Waals surface area contributed by atoms with Gasteiger partial charge in [-0.1, -0.05) is 17.3 Å². The normalized spacial score (nSPS) is 10.2. The maximum Gasteiger partial charge on any atom is 0.180 e. The second-order valence-electron chi connectivity index (χ2n) is 2.78. The van der Waals surface area contributed by atoms with Crippen molar-refractivity contribution in [2.75, 3.05) is 0 Å². The maximum absolute atomic E-state index is 4.33. The van der Waals surface area contributed by atoms with Gasteiger partial charge in [-0.25, -0.2) is 0 Å². The third kappa shape index (κ3) is 1.90. The van der Waals surface area contributed by atoms with E-state index in [0.29, 0.717) is 12.2 Å². The average molecular weight is 173 g/mol. The van der Waals surface area contributed by atoms with Crippen LogP contribution in [0.2, 0.25) is 0 Å². The molecule has 1 N–H and O–H groups in total. The molecule has 2 aromatic rings. The summed E-state index contributed by atoms with van der Waals surface area (Å²) in [5.74, 6) is 0.665. The van der Waals surface area contributed by atoms with Crippen LogP contribution in [0.5, 0.6) is 0 Å². The zero-order valence-electron chi connectivity index (χ0n) is 7.23. The van der Waals surface area contributed by atoms with Crippen LogP contribution in [0.15, 0.2) is 18.2 Å². The van der Waals surface area contributed by atoms with Crippen LogP contribution in [0.25, 0.3) is 0 Å². The van der Waals surface area contributed by atoms with E-state index in [1.54, 1.807) is 0 Å². The van der Waals surface area contributed by atoms with Gasteiger partial charge in [0.15, 0.2) is 13.7 Å². The summed E-state index contributed by atoms with van der Waals surface area (Å²) in [4.78, 5) is 4.33. The molecule has 0 saturated carbocycles. The van der Waals surface area contributed by atoms with Gasteiger partial charge in [-0.3, -0.25) is 4.98 Å². The smallest absolute Gasteiger partial charge is 0.180 e. The largest absolute Gasteiger partial charge is 0.268 e. The molecule has 0 fully saturated rings. The fraction of sp³-hybridized carbons (Fsp3) is 0.143. The molecule has 0 aliphatic carbocycles. The van der Waals surface area contributed by atoms with Crippen LogP contribution in [0, 0.1) is 0 Å². The predicted molar refractivity (Wildman–Crippen MR) is 49.4 cm³/mol. The quantitative estimate of drug-likeness (QED) is 0.558. The minimum Gasteiger partial charge on any atom is -0.268 e. The van der Waals surface area contributed by atoms with Crippen molar-refractivity contribution >= 4 is 13.4 Å². The molecule has 2 heterocycles. The second-order valence-corrected chi connectivity index (χ2v) is 2.78. The van der Waals surface area contributed by atoms with Gasteiger partial charge in [0.1, 0.15) is 0 Å². The first-order valence-electron chi connectivity index (χ1n) is 3.99. The molecule has 64 valence electrons. The molecule has 6 heteroatoms. The molecule has 13 heavy (non-hydrogen) atoms. The minimum atomic E-state index is 0.623. The SMILES string of the molecule is Bc1cccc(Cc2nn[nH]n2)n1. The standard InChI is InChI=1S/C7H8BN5/c8-6-3-1-2-5(9-6)4-7-10-12-13-11-7/h1-3H,4,8H2,(H,10,11,12,13). The van der Waals surface area contributed by atoms with Crippen LogP contribution < -0.4 is 5.59 Å². The Morgan fingerprint density at radius 3 is 3.00 bits per heavy atom. The van der Waals surface area contributed by atoms with Gasteiger partial charge in [-0.15, -0.1) is 10.2 Å². The number of aromatic amines is 1. The topological polar surface area (TPSA) is 67.3 Å². The van der Waals surface area contributed by atoms with Gasteiger partial charge < -0.3 is 0 Å². The number of nitrogens with one attached hydrogen (secondary N) is 1. The third-order valence-corrected chi connectivity index (χ3v) is 1.67. The van der Waals surface area contributed by atoms with E-state index in [9.17, 15) is 0 Å². The molecule has 0 unspecified atom stereocenters. The van der Waals surface area contributed by atoms with E-state index >= 15 is 0 Å². The van der Waals surface area contributed by atoms with Crippen LogP contribution in [-0.4, -0.2) is 33.5 Å². The lowest BCUT2D eigenvalue weighted by Crippen LogP contribution is -2.10. The van der Waals surface area contributed by atoms with Crippen molar-refractivity contribution in [1.82, 2.24) is 25.6 Å². The summed E-state index contributed by atoms with van der Waals surface area (Å²) in [6.45, 7) is 0. The highest BCUT2D eigenvalue weighted by Crippen LogP contribution is 1.97. The van der Waals surface area contributed by atoms with Crippen LogP contribution in [0.4, 0.5) is 0 Å². The number of rotatable bonds is 2. The van der Waals surface area contributed by atoms with Gasteiger partial charge in [-0.05, 0) is 11.7 Å². The summed E-state index contributed by atoms with van der Waals surface area (Å²) < 4.78 is 0. The van der Waals surface area contributed by atoms with E-state index in [2.05, 4.69) is 25.6 Å². The van der Waals surface area contributed by atoms with Crippen LogP contribution in [0.1, 0.15) is 11.5 Å². The van der Waals surface area contributed by atoms with E-state index in [4.69, 9.17) is 0 Å². The minimum absolute atomic E-state index is 0.623. The molecule has 0 bridgehead atoms. The highest BCUT2D eigenvalue weighted by atomic mass is 15.5. The van der Waals surface area contributed by atoms with Crippen LogP contribution in [-0.2, 0) is 6.42 Å². The molecule has 0 radical (unpaired) electrons. The summed E-state index contributed by atoms with van der Waals surface area (Å²) >= 11 is 0. The van der Waals surface area contributed by atoms with Gasteiger partial charge in [0.05, 0.1) is 6.42 Å². The molecule has 5 nitrogen and oxygen atoms in total. The van der Waals surface area contributed by atoms with Crippen LogP contribution >= 0.6 is 0 Å². The average Bonchev–Trinajstić information content (AvgIpc) is 2.57. The fourth-order valence-corrected chi connectivity index (χ4v) is 1.12. The Bertz CT molecular complexity index is 386. The van der Waals surface area contributed by atoms with Gasteiger partial charge in [-0.2, -0.15) is 5.21 Å². The molecular formula is C7H8BN5. The van der Waals surface area contributed by atoms with E-state index in [1.165, 1.54) is 0 Å². The van der Waals surface area contributed by atoms with E-state index in [0.717, 1.165) is 11.3 Å². The molecule has 0 spiro atoms. The summed E-state index contributed by atoms with van der Waals surface area (Å²) in [6.07, 6.45) is 0.623. The predicted octanol–water partition coefficient (Wildman–Crippen LogP) is -1.56. The lowest BCUT2D eigenvalue weighted by molar-refractivity contribution is 0.881. The Morgan fingerprint density at radius 1 is 1.38 bits per heavy atom. The van der Waals surface area contributed by atoms with Crippen molar-refractivity contribution in [2.45, 2.75) is 6.42 Å². The maximum atomic E-state index is 4.33. The molecule has 0 aliphatic heterocycles. The molecule has 0 aromatic carbocycles. The Labute approximate surface area is 76.0 Å². The fourth-order valence-electron chi connectivity index (χ4n) is 1.12. The Hall–Kier alpha value is -1.72. The zero-order valence-corrected chi connectivity index (χ0v) is 7.23. The van der Waals surface area contributed by atoms with Crippen LogP contribution in [0.3, 0.4) is 0 Å². The molecule has 0 atom stereocenters. The zero-order chi connectivity index (χ0) is 9.10. The van der Waals surface area contributed by atoms with Gasteiger partial charge >= 0.3 is 0 Å². The molecule has 0 aliphatic rings. The van der Waals surface area contributed by atoms with E-state index in [-0.39, 0.29) is 0 Å². The summed E-state index contributed by atoms with van der Waals surface area (Å²) in [6, 6.07) is 5.88. The highest BCUT2D eigenvalue weighted by molar-refractivity contribution is 6.30. The molecule has 0 amide bonds. The van der Waals surface area contributed by atoms with E-state index in [1.807, 2.05) is 26.0 Å². The number of pyridine rings is 1. The molecule has 2 rings (SSSR count). The lowest BCUT2D eigenvalue weighted by atomic mass is 10.0. The van der Waals surface area contributed by atoms with Crippen molar-refractivity contribution < 1.29 is 0 Å². The first kappa shape index (κ1) is 7.91.